The number of carbonyl (C=O) groups excluding carboxylic acids is 2. The molecule has 1 fully saturated rings. The van der Waals surface area contributed by atoms with E-state index in [-0.39, 0.29) is 18.6 Å². The average Bonchev–Trinajstić information content (AvgIpc) is 2.51. The highest BCUT2D eigenvalue weighted by atomic mass is 16.7. The maximum Gasteiger partial charge on any atom is 0.313 e. The Kier molecular flexibility index (Phi) is 3.60. The Morgan fingerprint density at radius 2 is 1.93 bits per heavy atom. The lowest BCUT2D eigenvalue weighted by Crippen LogP contribution is -2.30. The van der Waals surface area contributed by atoms with E-state index in [0.717, 1.165) is 0 Å². The van der Waals surface area contributed by atoms with Crippen LogP contribution >= 0.6 is 0 Å². The van der Waals surface area contributed by atoms with Crippen LogP contribution in [0.25, 0.3) is 0 Å². The number of carbonyl (C=O) groups is 2. The fraction of sp³-hybridized carbons (Fsp3) is 0.778. The Morgan fingerprint density at radius 1 is 1.36 bits per heavy atom. The molecule has 0 saturated carbocycles. The number of ether oxygens (including phenoxy) is 3. The van der Waals surface area contributed by atoms with Gasteiger partial charge in [0.1, 0.15) is 12.2 Å². The number of esters is 1. The maximum atomic E-state index is 11.3. The minimum absolute atomic E-state index is 0.0854. The smallest absolute Gasteiger partial charge is 0.313 e. The molecule has 1 aliphatic heterocycles. The highest BCUT2D eigenvalue weighted by Gasteiger charge is 2.33. The minimum Gasteiger partial charge on any atom is -0.469 e. The monoisotopic (exact) mass is 202 g/mol. The first-order valence-electron chi connectivity index (χ1n) is 4.42. The predicted molar refractivity (Wildman–Crippen MR) is 46.6 cm³/mol. The summed E-state index contributed by atoms with van der Waals surface area (Å²) in [4.78, 5) is 22.1. The minimum atomic E-state index is -0.856. The van der Waals surface area contributed by atoms with Gasteiger partial charge in [-0.2, -0.15) is 0 Å². The molecule has 0 N–H and O–H groups in total. The van der Waals surface area contributed by atoms with Gasteiger partial charge in [0.2, 0.25) is 0 Å². The van der Waals surface area contributed by atoms with Crippen LogP contribution in [0.1, 0.15) is 19.8 Å². The zero-order valence-corrected chi connectivity index (χ0v) is 8.37. The van der Waals surface area contributed by atoms with Gasteiger partial charge in [-0.15, -0.1) is 0 Å². The topological polar surface area (TPSA) is 61.8 Å². The molecule has 5 nitrogen and oxygen atoms in total. The van der Waals surface area contributed by atoms with Crippen molar-refractivity contribution >= 4 is 11.8 Å². The summed E-state index contributed by atoms with van der Waals surface area (Å²) in [6, 6.07) is 0. The van der Waals surface area contributed by atoms with Crippen LogP contribution in [0, 0.1) is 0 Å². The summed E-state index contributed by atoms with van der Waals surface area (Å²) in [6.07, 6.45) is -0.138. The van der Waals surface area contributed by atoms with Gasteiger partial charge in [0.25, 0.3) is 0 Å². The van der Waals surface area contributed by atoms with Crippen molar-refractivity contribution in [2.45, 2.75) is 25.6 Å². The van der Waals surface area contributed by atoms with Crippen molar-refractivity contribution in [2.24, 2.45) is 0 Å². The molecular weight excluding hydrogens is 188 g/mol. The van der Waals surface area contributed by atoms with E-state index in [2.05, 4.69) is 4.74 Å². The molecule has 0 aromatic rings. The first-order valence-corrected chi connectivity index (χ1v) is 4.42. The Morgan fingerprint density at radius 3 is 2.43 bits per heavy atom. The van der Waals surface area contributed by atoms with Crippen molar-refractivity contribution < 1.29 is 23.8 Å². The summed E-state index contributed by atoms with van der Waals surface area (Å²) in [5, 5.41) is 0. The summed E-state index contributed by atoms with van der Waals surface area (Å²) in [5.41, 5.74) is 0. The number of methoxy groups -OCH3 is 1. The van der Waals surface area contributed by atoms with E-state index >= 15 is 0 Å². The standard InChI is InChI=1S/C9H14O5/c1-9(13-3-4-14-9)6-7(10)5-8(11)12-2/h3-6H2,1-2H3. The Balaban J connectivity index is 2.36. The van der Waals surface area contributed by atoms with E-state index < -0.39 is 11.8 Å². The van der Waals surface area contributed by atoms with Gasteiger partial charge in [0.05, 0.1) is 26.7 Å². The highest BCUT2D eigenvalue weighted by Crippen LogP contribution is 2.23. The molecule has 0 atom stereocenters. The SMILES string of the molecule is COC(=O)CC(=O)CC1(C)OCCO1. The molecule has 0 aliphatic carbocycles. The summed E-state index contributed by atoms with van der Waals surface area (Å²) >= 11 is 0. The van der Waals surface area contributed by atoms with Crippen LogP contribution in [0.3, 0.4) is 0 Å². The third-order valence-corrected chi connectivity index (χ3v) is 1.99. The number of hydrogen-bond donors (Lipinski definition) is 0. The van der Waals surface area contributed by atoms with Crippen molar-refractivity contribution in [3.05, 3.63) is 0 Å². The molecule has 1 heterocycles. The molecule has 0 amide bonds. The van der Waals surface area contributed by atoms with Crippen molar-refractivity contribution in [3.8, 4) is 0 Å². The Labute approximate surface area is 82.3 Å². The Bertz CT molecular complexity index is 229. The molecule has 1 saturated heterocycles. The van der Waals surface area contributed by atoms with Crippen LogP contribution in [0.4, 0.5) is 0 Å². The van der Waals surface area contributed by atoms with Gasteiger partial charge < -0.3 is 14.2 Å². The molecule has 5 heteroatoms. The molecule has 0 spiro atoms. The van der Waals surface area contributed by atoms with Crippen LogP contribution in [0.15, 0.2) is 0 Å². The average molecular weight is 202 g/mol. The maximum absolute atomic E-state index is 11.3. The second-order valence-electron chi connectivity index (χ2n) is 3.30. The molecule has 0 bridgehead atoms. The molecule has 0 radical (unpaired) electrons. The van der Waals surface area contributed by atoms with Crippen molar-refractivity contribution in [3.63, 3.8) is 0 Å². The third kappa shape index (κ3) is 3.08. The molecule has 14 heavy (non-hydrogen) atoms. The second kappa shape index (κ2) is 4.52. The normalized spacial score (nSPS) is 19.3. The highest BCUT2D eigenvalue weighted by molar-refractivity contribution is 5.95. The largest absolute Gasteiger partial charge is 0.469 e. The quantitative estimate of drug-likeness (QED) is 0.483. The molecular formula is C9H14O5. The van der Waals surface area contributed by atoms with Gasteiger partial charge in [-0.25, -0.2) is 0 Å². The molecule has 1 aliphatic rings. The predicted octanol–water partition coefficient (Wildman–Crippen LogP) is 0.272. The summed E-state index contributed by atoms with van der Waals surface area (Å²) < 4.78 is 14.8. The number of ketones is 1. The zero-order chi connectivity index (χ0) is 10.6. The van der Waals surface area contributed by atoms with Gasteiger partial charge in [0.15, 0.2) is 5.79 Å². The number of hydrogen-bond acceptors (Lipinski definition) is 5. The van der Waals surface area contributed by atoms with E-state index in [0.29, 0.717) is 13.2 Å². The summed E-state index contributed by atoms with van der Waals surface area (Å²) in [6.45, 7) is 2.67. The zero-order valence-electron chi connectivity index (χ0n) is 8.37. The lowest BCUT2D eigenvalue weighted by molar-refractivity contribution is -0.160. The molecule has 0 unspecified atom stereocenters. The Hall–Kier alpha value is -0.940. The van der Waals surface area contributed by atoms with Gasteiger partial charge in [-0.1, -0.05) is 0 Å². The van der Waals surface area contributed by atoms with Crippen LogP contribution in [0.2, 0.25) is 0 Å². The van der Waals surface area contributed by atoms with E-state index in [1.54, 1.807) is 6.92 Å². The van der Waals surface area contributed by atoms with E-state index in [1.807, 2.05) is 0 Å². The van der Waals surface area contributed by atoms with Crippen LogP contribution in [-0.2, 0) is 23.8 Å². The molecule has 80 valence electrons. The van der Waals surface area contributed by atoms with Crippen LogP contribution in [0.5, 0.6) is 0 Å². The lowest BCUT2D eigenvalue weighted by atomic mass is 10.1. The van der Waals surface area contributed by atoms with E-state index in [4.69, 9.17) is 9.47 Å². The lowest BCUT2D eigenvalue weighted by Gasteiger charge is -2.20. The molecule has 0 aromatic heterocycles. The van der Waals surface area contributed by atoms with E-state index in [1.165, 1.54) is 7.11 Å². The fourth-order valence-electron chi connectivity index (χ4n) is 1.31. The van der Waals surface area contributed by atoms with Gasteiger partial charge in [0, 0.05) is 0 Å². The van der Waals surface area contributed by atoms with Gasteiger partial charge in [-0.05, 0) is 6.92 Å². The van der Waals surface area contributed by atoms with Crippen LogP contribution < -0.4 is 0 Å². The first kappa shape index (κ1) is 11.1. The van der Waals surface area contributed by atoms with Gasteiger partial charge in [-0.3, -0.25) is 9.59 Å². The number of rotatable bonds is 4. The molecule has 1 rings (SSSR count). The second-order valence-corrected chi connectivity index (χ2v) is 3.30. The van der Waals surface area contributed by atoms with Crippen molar-refractivity contribution in [1.29, 1.82) is 0 Å². The van der Waals surface area contributed by atoms with Crippen LogP contribution in [-0.4, -0.2) is 37.9 Å². The first-order chi connectivity index (χ1) is 6.56. The summed E-state index contributed by atoms with van der Waals surface area (Å²) in [5.74, 6) is -1.62. The number of Topliss-reactive ketones (excluding diaryl/α,β-unsaturated/α-hetero) is 1. The third-order valence-electron chi connectivity index (χ3n) is 1.99. The summed E-state index contributed by atoms with van der Waals surface area (Å²) in [7, 11) is 1.25. The fourth-order valence-corrected chi connectivity index (χ4v) is 1.31. The van der Waals surface area contributed by atoms with Gasteiger partial charge >= 0.3 is 5.97 Å². The van der Waals surface area contributed by atoms with E-state index in [9.17, 15) is 9.59 Å². The van der Waals surface area contributed by atoms with Crippen molar-refractivity contribution in [1.82, 2.24) is 0 Å². The van der Waals surface area contributed by atoms with Crippen molar-refractivity contribution in [2.75, 3.05) is 20.3 Å². The molecule has 0 aromatic carbocycles.